The van der Waals surface area contributed by atoms with Crippen LogP contribution in [-0.2, 0) is 0 Å². The molecule has 1 aromatic carbocycles. The maximum atomic E-state index is 5.49. The smallest absolute Gasteiger partial charge is 0.139 e. The topological polar surface area (TPSA) is 6.48 Å². The summed E-state index contributed by atoms with van der Waals surface area (Å²) in [6, 6.07) is 11.1. The van der Waals surface area contributed by atoms with Crippen molar-refractivity contribution < 1.29 is 0 Å². The van der Waals surface area contributed by atoms with Crippen molar-refractivity contribution in [3.8, 4) is 0 Å². The van der Waals surface area contributed by atoms with Crippen LogP contribution in [-0.4, -0.2) is 32.2 Å². The lowest BCUT2D eigenvalue weighted by Gasteiger charge is -2.46. The molecule has 0 aromatic heterocycles. The summed E-state index contributed by atoms with van der Waals surface area (Å²) in [4.78, 5) is 4.79. The molecule has 0 amide bonds. The average Bonchev–Trinajstić information content (AvgIpc) is 2.38. The van der Waals surface area contributed by atoms with E-state index >= 15 is 0 Å². The number of rotatable bonds is 2. The van der Waals surface area contributed by atoms with Crippen molar-refractivity contribution in [2.24, 2.45) is 0 Å². The minimum Gasteiger partial charge on any atom is -0.340 e. The van der Waals surface area contributed by atoms with E-state index in [1.54, 1.807) is 11.8 Å². The van der Waals surface area contributed by atoms with Crippen LogP contribution >= 0.6 is 24.0 Å². The highest BCUT2D eigenvalue weighted by atomic mass is 32.2. The molecule has 4 heteroatoms. The van der Waals surface area contributed by atoms with E-state index in [4.69, 9.17) is 12.2 Å². The van der Waals surface area contributed by atoms with E-state index in [0.717, 1.165) is 16.9 Å². The van der Waals surface area contributed by atoms with Crippen molar-refractivity contribution in [3.63, 3.8) is 0 Å². The van der Waals surface area contributed by atoms with Gasteiger partial charge in [0, 0.05) is 11.6 Å². The first-order valence-electron chi connectivity index (χ1n) is 6.63. The molecule has 1 saturated heterocycles. The zero-order valence-electron chi connectivity index (χ0n) is 12.1. The Labute approximate surface area is 126 Å². The van der Waals surface area contributed by atoms with E-state index in [2.05, 4.69) is 67.8 Å². The van der Waals surface area contributed by atoms with Crippen LogP contribution in [0, 0.1) is 0 Å². The lowest BCUT2D eigenvalue weighted by Crippen LogP contribution is -2.53. The standard InChI is InChI=1S/C15H22N2S2/c1-12(13-8-6-5-7-9-13)16-10-17(15(2,3)4)14(18)19-11-16/h5-9,12H,10-11H2,1-4H3. The third kappa shape index (κ3) is 3.50. The number of hydrogen-bond acceptors (Lipinski definition) is 3. The highest BCUT2D eigenvalue weighted by Crippen LogP contribution is 2.31. The summed E-state index contributed by atoms with van der Waals surface area (Å²) in [5.74, 6) is 0.974. The predicted molar refractivity (Wildman–Crippen MR) is 88.2 cm³/mol. The summed E-state index contributed by atoms with van der Waals surface area (Å²) in [6.07, 6.45) is 0. The molecular formula is C15H22N2S2. The molecular weight excluding hydrogens is 272 g/mol. The molecule has 1 heterocycles. The van der Waals surface area contributed by atoms with Crippen LogP contribution in [0.25, 0.3) is 0 Å². The number of thioether (sulfide) groups is 1. The van der Waals surface area contributed by atoms with Crippen molar-refractivity contribution >= 4 is 28.3 Å². The second-order valence-electron chi connectivity index (χ2n) is 5.96. The number of benzene rings is 1. The van der Waals surface area contributed by atoms with Crippen molar-refractivity contribution in [1.29, 1.82) is 0 Å². The van der Waals surface area contributed by atoms with Crippen LogP contribution in [0.15, 0.2) is 30.3 Å². The van der Waals surface area contributed by atoms with Crippen molar-refractivity contribution in [2.75, 3.05) is 12.5 Å². The van der Waals surface area contributed by atoms with Gasteiger partial charge >= 0.3 is 0 Å². The maximum Gasteiger partial charge on any atom is 0.139 e. The molecule has 0 N–H and O–H groups in total. The lowest BCUT2D eigenvalue weighted by atomic mass is 10.1. The predicted octanol–water partition coefficient (Wildman–Crippen LogP) is 4.10. The van der Waals surface area contributed by atoms with Gasteiger partial charge < -0.3 is 4.90 Å². The van der Waals surface area contributed by atoms with E-state index in [1.165, 1.54) is 5.56 Å². The van der Waals surface area contributed by atoms with Gasteiger partial charge in [-0.2, -0.15) is 0 Å². The zero-order chi connectivity index (χ0) is 14.0. The minimum atomic E-state index is 0.0825. The van der Waals surface area contributed by atoms with Crippen molar-refractivity contribution in [2.45, 2.75) is 39.3 Å². The van der Waals surface area contributed by atoms with Gasteiger partial charge in [-0.25, -0.2) is 0 Å². The fourth-order valence-corrected chi connectivity index (χ4v) is 3.72. The number of thiocarbonyl (C=S) groups is 1. The molecule has 1 atom stereocenters. The average molecular weight is 294 g/mol. The fraction of sp³-hybridized carbons (Fsp3) is 0.533. The maximum absolute atomic E-state index is 5.49. The Morgan fingerprint density at radius 2 is 1.84 bits per heavy atom. The Kier molecular flexibility index (Phi) is 4.54. The quantitative estimate of drug-likeness (QED) is 0.757. The first-order chi connectivity index (χ1) is 8.89. The van der Waals surface area contributed by atoms with Gasteiger partial charge in [-0.05, 0) is 33.3 Å². The number of nitrogens with zero attached hydrogens (tertiary/aromatic N) is 2. The highest BCUT2D eigenvalue weighted by Gasteiger charge is 2.32. The lowest BCUT2D eigenvalue weighted by molar-refractivity contribution is 0.110. The van der Waals surface area contributed by atoms with E-state index in [9.17, 15) is 0 Å². The Morgan fingerprint density at radius 3 is 2.42 bits per heavy atom. The molecule has 0 saturated carbocycles. The van der Waals surface area contributed by atoms with Gasteiger partial charge in [-0.1, -0.05) is 54.3 Å². The molecule has 1 aliphatic heterocycles. The molecule has 19 heavy (non-hydrogen) atoms. The second-order valence-corrected chi connectivity index (χ2v) is 7.53. The molecule has 1 unspecified atom stereocenters. The van der Waals surface area contributed by atoms with Gasteiger partial charge in [-0.15, -0.1) is 0 Å². The van der Waals surface area contributed by atoms with E-state index in [0.29, 0.717) is 6.04 Å². The molecule has 0 radical (unpaired) electrons. The molecule has 1 aliphatic rings. The van der Waals surface area contributed by atoms with E-state index in [1.807, 2.05) is 0 Å². The Hall–Kier alpha value is -0.580. The third-order valence-corrected chi connectivity index (χ3v) is 5.04. The van der Waals surface area contributed by atoms with Crippen LogP contribution in [0.2, 0.25) is 0 Å². The van der Waals surface area contributed by atoms with Crippen LogP contribution in [0.3, 0.4) is 0 Å². The number of hydrogen-bond donors (Lipinski definition) is 0. The molecule has 104 valence electrons. The van der Waals surface area contributed by atoms with E-state index < -0.39 is 0 Å². The SMILES string of the molecule is CC(c1ccccc1)N1CSC(=S)N(C(C)(C)C)C1. The molecule has 2 rings (SSSR count). The first-order valence-corrected chi connectivity index (χ1v) is 8.02. The summed E-state index contributed by atoms with van der Waals surface area (Å²) in [5, 5.41) is 0. The Morgan fingerprint density at radius 1 is 1.21 bits per heavy atom. The molecule has 0 aliphatic carbocycles. The molecule has 1 fully saturated rings. The zero-order valence-corrected chi connectivity index (χ0v) is 13.7. The van der Waals surface area contributed by atoms with Gasteiger partial charge in [0.05, 0.1) is 12.5 Å². The third-order valence-electron chi connectivity index (χ3n) is 3.54. The summed E-state index contributed by atoms with van der Waals surface area (Å²) < 4.78 is 1.02. The van der Waals surface area contributed by atoms with Gasteiger partial charge in [0.1, 0.15) is 4.32 Å². The van der Waals surface area contributed by atoms with Crippen LogP contribution < -0.4 is 0 Å². The van der Waals surface area contributed by atoms with Crippen LogP contribution in [0.5, 0.6) is 0 Å². The van der Waals surface area contributed by atoms with Crippen LogP contribution in [0.4, 0.5) is 0 Å². The first kappa shape index (κ1) is 14.8. The van der Waals surface area contributed by atoms with Gasteiger partial charge in [0.25, 0.3) is 0 Å². The Balaban J connectivity index is 2.12. The normalized spacial score (nSPS) is 19.6. The van der Waals surface area contributed by atoms with Gasteiger partial charge in [0.15, 0.2) is 0 Å². The monoisotopic (exact) mass is 294 g/mol. The summed E-state index contributed by atoms with van der Waals surface area (Å²) in [7, 11) is 0. The molecule has 2 nitrogen and oxygen atoms in total. The molecule has 1 aromatic rings. The van der Waals surface area contributed by atoms with Crippen molar-refractivity contribution in [3.05, 3.63) is 35.9 Å². The summed E-state index contributed by atoms with van der Waals surface area (Å²) in [6.45, 7) is 9.83. The second kappa shape index (κ2) is 5.81. The largest absolute Gasteiger partial charge is 0.340 e. The summed E-state index contributed by atoms with van der Waals surface area (Å²) in [5.41, 5.74) is 1.45. The van der Waals surface area contributed by atoms with E-state index in [-0.39, 0.29) is 5.54 Å². The fourth-order valence-electron chi connectivity index (χ4n) is 2.16. The van der Waals surface area contributed by atoms with Crippen LogP contribution in [0.1, 0.15) is 39.3 Å². The molecule has 0 spiro atoms. The highest BCUT2D eigenvalue weighted by molar-refractivity contribution is 8.22. The van der Waals surface area contributed by atoms with Crippen molar-refractivity contribution in [1.82, 2.24) is 9.80 Å². The Bertz CT molecular complexity index is 439. The van der Waals surface area contributed by atoms with Gasteiger partial charge in [0.2, 0.25) is 0 Å². The summed E-state index contributed by atoms with van der Waals surface area (Å²) >= 11 is 7.26. The van der Waals surface area contributed by atoms with Gasteiger partial charge in [-0.3, -0.25) is 4.90 Å². The minimum absolute atomic E-state index is 0.0825. The molecule has 0 bridgehead atoms.